The van der Waals surface area contributed by atoms with Crippen LogP contribution in [0.15, 0.2) is 24.4 Å². The molecule has 1 aromatic heterocycles. The van der Waals surface area contributed by atoms with E-state index in [1.165, 1.54) is 0 Å². The lowest BCUT2D eigenvalue weighted by molar-refractivity contribution is -0.117. The maximum Gasteiger partial charge on any atom is 0.221 e. The first kappa shape index (κ1) is 7.79. The molecule has 4 nitrogen and oxygen atoms in total. The number of H-pyrrole nitrogens is 1. The summed E-state index contributed by atoms with van der Waals surface area (Å²) >= 11 is 0. The largest absolute Gasteiger partial charge is 0.369 e. The molecule has 0 spiro atoms. The second-order valence-electron chi connectivity index (χ2n) is 2.93. The maximum absolute atomic E-state index is 10.6. The number of nitrogens with two attached hydrogens (primary N) is 1. The number of primary amides is 1. The zero-order chi connectivity index (χ0) is 9.26. The Labute approximate surface area is 74.7 Å². The van der Waals surface area contributed by atoms with E-state index in [9.17, 15) is 4.79 Å². The zero-order valence-corrected chi connectivity index (χ0v) is 6.95. The number of rotatable bonds is 2. The number of fused-ring (bicyclic) bond motifs is 1. The van der Waals surface area contributed by atoms with Crippen molar-refractivity contribution in [2.45, 2.75) is 6.42 Å². The Morgan fingerprint density at radius 3 is 3.15 bits per heavy atom. The molecular formula is C9H9N3O. The zero-order valence-electron chi connectivity index (χ0n) is 6.95. The lowest BCUT2D eigenvalue weighted by Gasteiger charge is -1.96. The molecule has 2 aromatic rings. The third kappa shape index (κ3) is 1.51. The van der Waals surface area contributed by atoms with Crippen LogP contribution in [0.2, 0.25) is 0 Å². The van der Waals surface area contributed by atoms with Gasteiger partial charge < -0.3 is 5.73 Å². The number of carbonyl (C=O) groups excluding carboxylic acids is 1. The van der Waals surface area contributed by atoms with Gasteiger partial charge in [0.2, 0.25) is 5.91 Å². The highest BCUT2D eigenvalue weighted by Crippen LogP contribution is 2.12. The van der Waals surface area contributed by atoms with Gasteiger partial charge >= 0.3 is 0 Å². The lowest BCUT2D eigenvalue weighted by Crippen LogP contribution is -2.13. The second kappa shape index (κ2) is 2.90. The van der Waals surface area contributed by atoms with Crippen molar-refractivity contribution in [2.24, 2.45) is 5.73 Å². The van der Waals surface area contributed by atoms with Crippen LogP contribution in [-0.2, 0) is 11.2 Å². The van der Waals surface area contributed by atoms with Gasteiger partial charge in [0, 0.05) is 5.39 Å². The van der Waals surface area contributed by atoms with E-state index < -0.39 is 0 Å². The minimum atomic E-state index is -0.320. The summed E-state index contributed by atoms with van der Waals surface area (Å²) in [4.78, 5) is 10.6. The number of nitrogens with one attached hydrogen (secondary N) is 1. The molecule has 1 aromatic carbocycles. The van der Waals surface area contributed by atoms with Crippen LogP contribution in [-0.4, -0.2) is 16.1 Å². The van der Waals surface area contributed by atoms with E-state index >= 15 is 0 Å². The minimum Gasteiger partial charge on any atom is -0.369 e. The molecule has 3 N–H and O–H groups in total. The molecule has 1 heterocycles. The molecule has 0 aliphatic carbocycles. The Hall–Kier alpha value is -1.84. The van der Waals surface area contributed by atoms with Gasteiger partial charge in [0.05, 0.1) is 18.1 Å². The number of nitrogens with zero attached hydrogens (tertiary/aromatic N) is 1. The number of carbonyl (C=O) groups is 1. The Morgan fingerprint density at radius 2 is 2.38 bits per heavy atom. The molecule has 0 aliphatic heterocycles. The number of hydrogen-bond acceptors (Lipinski definition) is 2. The topological polar surface area (TPSA) is 71.8 Å². The van der Waals surface area contributed by atoms with Gasteiger partial charge in [-0.3, -0.25) is 9.89 Å². The summed E-state index contributed by atoms with van der Waals surface area (Å²) in [7, 11) is 0. The molecule has 0 radical (unpaired) electrons. The highest BCUT2D eigenvalue weighted by molar-refractivity contribution is 5.81. The van der Waals surface area contributed by atoms with Gasteiger partial charge in [-0.25, -0.2) is 0 Å². The molecule has 0 saturated heterocycles. The highest BCUT2D eigenvalue weighted by Gasteiger charge is 2.00. The molecule has 0 fully saturated rings. The minimum absolute atomic E-state index is 0.273. The number of aromatic amines is 1. The Morgan fingerprint density at radius 1 is 1.54 bits per heavy atom. The standard InChI is InChI=1S/C9H9N3O/c10-9(13)4-6-1-2-7-5-11-12-8(7)3-6/h1-3,5H,4H2,(H2,10,13)(H,11,12). The van der Waals surface area contributed by atoms with Crippen molar-refractivity contribution < 1.29 is 4.79 Å². The summed E-state index contributed by atoms with van der Waals surface area (Å²) in [6.07, 6.45) is 2.01. The van der Waals surface area contributed by atoms with E-state index in [0.717, 1.165) is 16.5 Å². The van der Waals surface area contributed by atoms with Crippen LogP contribution in [0.5, 0.6) is 0 Å². The molecule has 1 amide bonds. The number of benzene rings is 1. The Bertz CT molecular complexity index is 447. The van der Waals surface area contributed by atoms with E-state index in [1.807, 2.05) is 18.2 Å². The summed E-state index contributed by atoms with van der Waals surface area (Å²) in [6, 6.07) is 5.67. The molecular weight excluding hydrogens is 166 g/mol. The van der Waals surface area contributed by atoms with E-state index in [0.29, 0.717) is 0 Å². The van der Waals surface area contributed by atoms with Crippen molar-refractivity contribution in [3.63, 3.8) is 0 Å². The molecule has 0 unspecified atom stereocenters. The van der Waals surface area contributed by atoms with Crippen LogP contribution in [0.4, 0.5) is 0 Å². The van der Waals surface area contributed by atoms with Crippen LogP contribution in [0.25, 0.3) is 10.9 Å². The van der Waals surface area contributed by atoms with Gasteiger partial charge in [0.15, 0.2) is 0 Å². The molecule has 0 saturated carbocycles. The molecule has 0 bridgehead atoms. The van der Waals surface area contributed by atoms with Crippen molar-refractivity contribution >= 4 is 16.8 Å². The first-order valence-electron chi connectivity index (χ1n) is 3.96. The average molecular weight is 175 g/mol. The first-order valence-corrected chi connectivity index (χ1v) is 3.96. The highest BCUT2D eigenvalue weighted by atomic mass is 16.1. The van der Waals surface area contributed by atoms with E-state index in [2.05, 4.69) is 10.2 Å². The van der Waals surface area contributed by atoms with E-state index in [1.54, 1.807) is 6.20 Å². The van der Waals surface area contributed by atoms with Crippen LogP contribution in [0.1, 0.15) is 5.56 Å². The van der Waals surface area contributed by atoms with Crippen LogP contribution < -0.4 is 5.73 Å². The molecule has 13 heavy (non-hydrogen) atoms. The summed E-state index contributed by atoms with van der Waals surface area (Å²) < 4.78 is 0. The number of hydrogen-bond donors (Lipinski definition) is 2. The van der Waals surface area contributed by atoms with Crippen LogP contribution in [0, 0.1) is 0 Å². The predicted octanol–water partition coefficient (Wildman–Crippen LogP) is 0.591. The Balaban J connectivity index is 2.42. The van der Waals surface area contributed by atoms with Crippen molar-refractivity contribution in [3.05, 3.63) is 30.0 Å². The summed E-state index contributed by atoms with van der Waals surface area (Å²) in [6.45, 7) is 0. The van der Waals surface area contributed by atoms with E-state index in [-0.39, 0.29) is 12.3 Å². The molecule has 2 rings (SSSR count). The third-order valence-corrected chi connectivity index (χ3v) is 1.88. The fraction of sp³-hybridized carbons (Fsp3) is 0.111. The number of aromatic nitrogens is 2. The quantitative estimate of drug-likeness (QED) is 0.701. The molecule has 66 valence electrons. The van der Waals surface area contributed by atoms with Gasteiger partial charge in [-0.2, -0.15) is 5.10 Å². The lowest BCUT2D eigenvalue weighted by atomic mass is 10.1. The predicted molar refractivity (Wildman–Crippen MR) is 49.0 cm³/mol. The second-order valence-corrected chi connectivity index (χ2v) is 2.93. The average Bonchev–Trinajstić information content (AvgIpc) is 2.49. The Kier molecular flexibility index (Phi) is 1.73. The van der Waals surface area contributed by atoms with Crippen molar-refractivity contribution in [1.82, 2.24) is 10.2 Å². The van der Waals surface area contributed by atoms with E-state index in [4.69, 9.17) is 5.73 Å². The summed E-state index contributed by atoms with van der Waals surface area (Å²) in [5, 5.41) is 7.75. The van der Waals surface area contributed by atoms with Gasteiger partial charge in [-0.05, 0) is 11.6 Å². The van der Waals surface area contributed by atoms with Gasteiger partial charge in [-0.1, -0.05) is 12.1 Å². The number of amides is 1. The smallest absolute Gasteiger partial charge is 0.221 e. The first-order chi connectivity index (χ1) is 6.25. The van der Waals surface area contributed by atoms with Crippen molar-refractivity contribution in [2.75, 3.05) is 0 Å². The summed E-state index contributed by atoms with van der Waals surface area (Å²) in [5.41, 5.74) is 6.92. The summed E-state index contributed by atoms with van der Waals surface area (Å²) in [5.74, 6) is -0.320. The fourth-order valence-electron chi connectivity index (χ4n) is 1.30. The third-order valence-electron chi connectivity index (χ3n) is 1.88. The van der Waals surface area contributed by atoms with Gasteiger partial charge in [0.1, 0.15) is 0 Å². The maximum atomic E-state index is 10.6. The van der Waals surface area contributed by atoms with Crippen LogP contribution in [0.3, 0.4) is 0 Å². The normalized spacial score (nSPS) is 10.5. The molecule has 0 atom stereocenters. The monoisotopic (exact) mass is 175 g/mol. The SMILES string of the molecule is NC(=O)Cc1ccc2cn[nH]c2c1. The van der Waals surface area contributed by atoms with Crippen molar-refractivity contribution in [1.29, 1.82) is 0 Å². The van der Waals surface area contributed by atoms with Crippen LogP contribution >= 0.6 is 0 Å². The molecule has 4 heteroatoms. The van der Waals surface area contributed by atoms with Gasteiger partial charge in [0.25, 0.3) is 0 Å². The van der Waals surface area contributed by atoms with Gasteiger partial charge in [-0.15, -0.1) is 0 Å². The fourth-order valence-corrected chi connectivity index (χ4v) is 1.30. The molecule has 0 aliphatic rings. The van der Waals surface area contributed by atoms with Crippen molar-refractivity contribution in [3.8, 4) is 0 Å².